The van der Waals surface area contributed by atoms with Crippen LogP contribution in [0.3, 0.4) is 0 Å². The van der Waals surface area contributed by atoms with Crippen LogP contribution in [0.25, 0.3) is 5.65 Å². The van der Waals surface area contributed by atoms with E-state index in [9.17, 15) is 4.79 Å². The van der Waals surface area contributed by atoms with Crippen molar-refractivity contribution in [2.75, 3.05) is 13.7 Å². The molecule has 0 unspecified atom stereocenters. The fourth-order valence-electron chi connectivity index (χ4n) is 4.43. The number of carbonyl (C=O) groups excluding carboxylic acids is 1. The van der Waals surface area contributed by atoms with Gasteiger partial charge in [-0.2, -0.15) is 0 Å². The topological polar surface area (TPSA) is 58.9 Å². The predicted molar refractivity (Wildman–Crippen MR) is 140 cm³/mol. The van der Waals surface area contributed by atoms with Crippen LogP contribution in [0.1, 0.15) is 17.7 Å². The lowest BCUT2D eigenvalue weighted by Gasteiger charge is -2.23. The van der Waals surface area contributed by atoms with E-state index in [2.05, 4.69) is 27.3 Å². The standard InChI is InChI=1S/C27H27ClN4O2S/c1-34-22-9-11-23(12-10-22)35-24-14-25(32(18-24)16-19-5-7-20(28)8-6-19)27(33)29-15-21-17-31-13-3-2-4-26(31)30-21/h2-13,17,24-25H,14-16,18H2,1H3,(H,29,33)/t24-,25+/m1/s1. The molecule has 4 aromatic rings. The first-order valence-electron chi connectivity index (χ1n) is 11.6. The summed E-state index contributed by atoms with van der Waals surface area (Å²) in [5, 5.41) is 4.14. The van der Waals surface area contributed by atoms with Crippen LogP contribution in [0.15, 0.2) is 84.0 Å². The van der Waals surface area contributed by atoms with Crippen molar-refractivity contribution in [2.24, 2.45) is 0 Å². The zero-order valence-corrected chi connectivity index (χ0v) is 21.0. The summed E-state index contributed by atoms with van der Waals surface area (Å²) in [6.45, 7) is 1.93. The maximum absolute atomic E-state index is 13.3. The number of likely N-dealkylation sites (tertiary alicyclic amines) is 1. The molecule has 3 heterocycles. The number of hydrogen-bond acceptors (Lipinski definition) is 5. The molecule has 0 radical (unpaired) electrons. The largest absolute Gasteiger partial charge is 0.497 e. The van der Waals surface area contributed by atoms with Gasteiger partial charge in [0.1, 0.15) is 11.4 Å². The summed E-state index contributed by atoms with van der Waals surface area (Å²) in [5.74, 6) is 0.878. The van der Waals surface area contributed by atoms with Crippen LogP contribution >= 0.6 is 23.4 Å². The first-order valence-corrected chi connectivity index (χ1v) is 12.8. The van der Waals surface area contributed by atoms with E-state index in [1.165, 1.54) is 4.90 Å². The van der Waals surface area contributed by atoms with E-state index >= 15 is 0 Å². The molecule has 8 heteroatoms. The lowest BCUT2D eigenvalue weighted by molar-refractivity contribution is -0.125. The summed E-state index contributed by atoms with van der Waals surface area (Å²) in [7, 11) is 1.67. The van der Waals surface area contributed by atoms with Crippen molar-refractivity contribution >= 4 is 34.9 Å². The average Bonchev–Trinajstić information content (AvgIpc) is 3.48. The molecule has 0 saturated carbocycles. The fourth-order valence-corrected chi connectivity index (χ4v) is 5.78. The van der Waals surface area contributed by atoms with E-state index in [4.69, 9.17) is 16.3 Å². The molecular weight excluding hydrogens is 480 g/mol. The number of ether oxygens (including phenoxy) is 1. The van der Waals surface area contributed by atoms with Crippen LogP contribution in [0.4, 0.5) is 0 Å². The van der Waals surface area contributed by atoms with Gasteiger partial charge in [-0.05, 0) is 60.5 Å². The lowest BCUT2D eigenvalue weighted by atomic mass is 10.1. The summed E-state index contributed by atoms with van der Waals surface area (Å²) in [6, 6.07) is 21.6. The van der Waals surface area contributed by atoms with Gasteiger partial charge in [-0.15, -0.1) is 11.8 Å². The fraction of sp³-hybridized carbons (Fsp3) is 0.259. The summed E-state index contributed by atoms with van der Waals surface area (Å²) >= 11 is 7.89. The Morgan fingerprint density at radius 2 is 1.94 bits per heavy atom. The van der Waals surface area contributed by atoms with Gasteiger partial charge in [-0.3, -0.25) is 9.69 Å². The van der Waals surface area contributed by atoms with Crippen molar-refractivity contribution in [3.05, 3.63) is 95.4 Å². The maximum atomic E-state index is 13.3. The Morgan fingerprint density at radius 1 is 1.14 bits per heavy atom. The van der Waals surface area contributed by atoms with Crippen LogP contribution in [0, 0.1) is 0 Å². The van der Waals surface area contributed by atoms with Crippen molar-refractivity contribution < 1.29 is 9.53 Å². The first kappa shape index (κ1) is 23.7. The molecule has 1 N–H and O–H groups in total. The molecule has 2 atom stereocenters. The number of rotatable bonds is 8. The van der Waals surface area contributed by atoms with Crippen molar-refractivity contribution in [1.29, 1.82) is 0 Å². The molecule has 35 heavy (non-hydrogen) atoms. The van der Waals surface area contributed by atoms with E-state index in [1.807, 2.05) is 83.2 Å². The number of amides is 1. The maximum Gasteiger partial charge on any atom is 0.237 e. The van der Waals surface area contributed by atoms with Gasteiger partial charge in [0.15, 0.2) is 0 Å². The highest BCUT2D eigenvalue weighted by Gasteiger charge is 2.37. The molecule has 2 aromatic heterocycles. The van der Waals surface area contributed by atoms with Crippen LogP contribution in [0.2, 0.25) is 5.02 Å². The summed E-state index contributed by atoms with van der Waals surface area (Å²) in [5.41, 5.74) is 2.86. The van der Waals surface area contributed by atoms with Crippen molar-refractivity contribution in [2.45, 2.75) is 35.7 Å². The van der Waals surface area contributed by atoms with Gasteiger partial charge < -0.3 is 14.5 Å². The zero-order chi connectivity index (χ0) is 24.2. The second-order valence-corrected chi connectivity index (χ2v) is 10.4. The Morgan fingerprint density at radius 3 is 2.69 bits per heavy atom. The predicted octanol–water partition coefficient (Wildman–Crippen LogP) is 5.05. The first-order chi connectivity index (χ1) is 17.1. The number of pyridine rings is 1. The number of imidazole rings is 1. The minimum Gasteiger partial charge on any atom is -0.497 e. The molecule has 0 aliphatic carbocycles. The van der Waals surface area contributed by atoms with Crippen LogP contribution in [-0.2, 0) is 17.9 Å². The van der Waals surface area contributed by atoms with Gasteiger partial charge in [0, 0.05) is 40.7 Å². The number of nitrogens with zero attached hydrogens (tertiary/aromatic N) is 3. The molecule has 1 saturated heterocycles. The molecule has 1 fully saturated rings. The third-order valence-electron chi connectivity index (χ3n) is 6.19. The molecule has 2 aromatic carbocycles. The zero-order valence-electron chi connectivity index (χ0n) is 19.4. The van der Waals surface area contributed by atoms with Crippen LogP contribution in [0.5, 0.6) is 5.75 Å². The SMILES string of the molecule is COc1ccc(S[C@@H]2C[C@@H](C(=O)NCc3cn4ccccc4n3)N(Cc3ccc(Cl)cc3)C2)cc1. The van der Waals surface area contributed by atoms with Gasteiger partial charge in [0.25, 0.3) is 0 Å². The molecule has 1 aliphatic heterocycles. The molecular formula is C27H27ClN4O2S. The van der Waals surface area contributed by atoms with Crippen LogP contribution < -0.4 is 10.1 Å². The van der Waals surface area contributed by atoms with Gasteiger partial charge in [-0.1, -0.05) is 29.8 Å². The molecule has 1 amide bonds. The van der Waals surface area contributed by atoms with E-state index in [0.717, 1.165) is 35.6 Å². The number of methoxy groups -OCH3 is 1. The molecule has 0 spiro atoms. The molecule has 180 valence electrons. The molecule has 6 nitrogen and oxygen atoms in total. The van der Waals surface area contributed by atoms with E-state index < -0.39 is 0 Å². The van der Waals surface area contributed by atoms with Gasteiger partial charge in [0.2, 0.25) is 5.91 Å². The number of benzene rings is 2. The lowest BCUT2D eigenvalue weighted by Crippen LogP contribution is -2.42. The Kier molecular flexibility index (Phi) is 7.27. The Hall–Kier alpha value is -3.00. The minimum absolute atomic E-state index is 0.0360. The Bertz CT molecular complexity index is 1260. The normalized spacial score (nSPS) is 18.1. The third-order valence-corrected chi connectivity index (χ3v) is 7.66. The summed E-state index contributed by atoms with van der Waals surface area (Å²) < 4.78 is 7.24. The quantitative estimate of drug-likeness (QED) is 0.362. The van der Waals surface area contributed by atoms with E-state index in [-0.39, 0.29) is 11.9 Å². The Balaban J connectivity index is 1.28. The Labute approximate surface area is 214 Å². The van der Waals surface area contributed by atoms with Gasteiger partial charge >= 0.3 is 0 Å². The van der Waals surface area contributed by atoms with Crippen molar-refractivity contribution in [3.63, 3.8) is 0 Å². The highest BCUT2D eigenvalue weighted by atomic mass is 35.5. The summed E-state index contributed by atoms with van der Waals surface area (Å²) in [4.78, 5) is 21.4. The monoisotopic (exact) mass is 506 g/mol. The van der Waals surface area contributed by atoms with E-state index in [0.29, 0.717) is 23.4 Å². The number of carbonyl (C=O) groups is 1. The second kappa shape index (κ2) is 10.7. The average molecular weight is 507 g/mol. The molecule has 0 bridgehead atoms. The number of halogens is 1. The summed E-state index contributed by atoms with van der Waals surface area (Å²) in [6.07, 6.45) is 4.69. The minimum atomic E-state index is -0.210. The number of aromatic nitrogens is 2. The van der Waals surface area contributed by atoms with Crippen molar-refractivity contribution in [3.8, 4) is 5.75 Å². The molecule has 1 aliphatic rings. The van der Waals surface area contributed by atoms with E-state index in [1.54, 1.807) is 7.11 Å². The smallest absolute Gasteiger partial charge is 0.237 e. The third kappa shape index (κ3) is 5.81. The van der Waals surface area contributed by atoms with Crippen LogP contribution in [-0.4, -0.2) is 45.1 Å². The number of thioether (sulfide) groups is 1. The number of nitrogens with one attached hydrogen (secondary N) is 1. The van der Waals surface area contributed by atoms with Gasteiger partial charge in [-0.25, -0.2) is 4.98 Å². The second-order valence-electron chi connectivity index (χ2n) is 8.64. The number of fused-ring (bicyclic) bond motifs is 1. The van der Waals surface area contributed by atoms with Gasteiger partial charge in [0.05, 0.1) is 25.4 Å². The molecule has 5 rings (SSSR count). The van der Waals surface area contributed by atoms with Crippen molar-refractivity contribution in [1.82, 2.24) is 19.6 Å². The highest BCUT2D eigenvalue weighted by Crippen LogP contribution is 2.34. The highest BCUT2D eigenvalue weighted by molar-refractivity contribution is 8.00. The number of hydrogen-bond donors (Lipinski definition) is 1.